The van der Waals surface area contributed by atoms with Gasteiger partial charge in [-0.25, -0.2) is 0 Å². The molecule has 0 aliphatic carbocycles. The second-order valence-corrected chi connectivity index (χ2v) is 13.7. The van der Waals surface area contributed by atoms with E-state index in [2.05, 4.69) is 28.5 Å². The first-order valence-electron chi connectivity index (χ1n) is 13.8. The zero-order chi connectivity index (χ0) is 23.6. The lowest BCUT2D eigenvalue weighted by Gasteiger charge is -2.16. The van der Waals surface area contributed by atoms with E-state index < -0.39 is 7.60 Å². The predicted molar refractivity (Wildman–Crippen MR) is 149 cm³/mol. The molecule has 0 amide bonds. The highest BCUT2D eigenvalue weighted by Gasteiger charge is 2.22. The standard InChI is InChI=1S/C26H55O3PS2/c1-4-7-8-9-10-11-13-16-19-22-25-31-32-26-23-20-17-14-12-15-18-21-24-30(27,28-5-2)29-6-3/h4-26H2,1-3H3. The van der Waals surface area contributed by atoms with Gasteiger partial charge in [-0.3, -0.25) is 4.57 Å². The summed E-state index contributed by atoms with van der Waals surface area (Å²) in [5, 5.41) is 0. The zero-order valence-electron chi connectivity index (χ0n) is 21.8. The smallest absolute Gasteiger partial charge is 0.309 e. The highest BCUT2D eigenvalue weighted by Crippen LogP contribution is 2.48. The number of unbranched alkanes of at least 4 members (excludes halogenated alkanes) is 16. The normalized spacial score (nSPS) is 12.0. The number of hydrogen-bond acceptors (Lipinski definition) is 5. The van der Waals surface area contributed by atoms with Gasteiger partial charge >= 0.3 is 7.60 Å². The van der Waals surface area contributed by atoms with Crippen LogP contribution in [0.15, 0.2) is 0 Å². The fourth-order valence-electron chi connectivity index (χ4n) is 3.85. The van der Waals surface area contributed by atoms with Gasteiger partial charge in [-0.05, 0) is 33.1 Å². The quantitative estimate of drug-likeness (QED) is 0.0623. The molecule has 0 aliphatic rings. The van der Waals surface area contributed by atoms with Gasteiger partial charge in [0.15, 0.2) is 0 Å². The third-order valence-electron chi connectivity index (χ3n) is 5.73. The van der Waals surface area contributed by atoms with E-state index in [1.54, 1.807) is 0 Å². The summed E-state index contributed by atoms with van der Waals surface area (Å²) in [5.74, 6) is 2.65. The van der Waals surface area contributed by atoms with Crippen LogP contribution in [-0.2, 0) is 13.6 Å². The molecule has 0 unspecified atom stereocenters. The van der Waals surface area contributed by atoms with Crippen LogP contribution in [0.3, 0.4) is 0 Å². The summed E-state index contributed by atoms with van der Waals surface area (Å²) in [6.07, 6.45) is 24.9. The maximum Gasteiger partial charge on any atom is 0.330 e. The van der Waals surface area contributed by atoms with Crippen molar-refractivity contribution in [1.29, 1.82) is 0 Å². The van der Waals surface area contributed by atoms with Gasteiger partial charge in [0.25, 0.3) is 0 Å². The Hall–Kier alpha value is 0.850. The van der Waals surface area contributed by atoms with Crippen molar-refractivity contribution in [3.05, 3.63) is 0 Å². The monoisotopic (exact) mass is 510 g/mol. The van der Waals surface area contributed by atoms with Crippen LogP contribution in [0.5, 0.6) is 0 Å². The average Bonchev–Trinajstić information content (AvgIpc) is 2.77. The largest absolute Gasteiger partial charge is 0.330 e. The Bertz CT molecular complexity index is 401. The molecule has 0 rings (SSSR count). The van der Waals surface area contributed by atoms with E-state index in [4.69, 9.17) is 9.05 Å². The Kier molecular flexibility index (Phi) is 27.2. The van der Waals surface area contributed by atoms with Gasteiger partial charge in [0, 0.05) is 11.5 Å². The van der Waals surface area contributed by atoms with E-state index in [1.807, 2.05) is 13.8 Å². The summed E-state index contributed by atoms with van der Waals surface area (Å²) in [6.45, 7) is 6.97. The molecule has 0 atom stereocenters. The molecule has 0 bridgehead atoms. The Morgan fingerprint density at radius 2 is 0.844 bits per heavy atom. The van der Waals surface area contributed by atoms with E-state index in [-0.39, 0.29) is 0 Å². The topological polar surface area (TPSA) is 35.5 Å². The average molecular weight is 511 g/mol. The lowest BCUT2D eigenvalue weighted by atomic mass is 10.1. The maximum absolute atomic E-state index is 12.4. The number of rotatable bonds is 27. The molecule has 0 aromatic rings. The van der Waals surface area contributed by atoms with Crippen molar-refractivity contribution in [3.63, 3.8) is 0 Å². The van der Waals surface area contributed by atoms with E-state index in [1.165, 1.54) is 114 Å². The summed E-state index contributed by atoms with van der Waals surface area (Å²) in [4.78, 5) is 0. The third-order valence-corrected chi connectivity index (χ3v) is 10.5. The van der Waals surface area contributed by atoms with Crippen molar-refractivity contribution < 1.29 is 13.6 Å². The molecule has 6 heteroatoms. The molecular weight excluding hydrogens is 455 g/mol. The van der Waals surface area contributed by atoms with Crippen LogP contribution in [0, 0.1) is 0 Å². The second-order valence-electron chi connectivity index (χ2n) is 8.82. The second kappa shape index (κ2) is 26.5. The molecule has 0 aliphatic heterocycles. The molecule has 0 saturated heterocycles. The van der Waals surface area contributed by atoms with Gasteiger partial charge in [0.2, 0.25) is 0 Å². The highest BCUT2D eigenvalue weighted by molar-refractivity contribution is 8.76. The van der Waals surface area contributed by atoms with Gasteiger partial charge in [-0.1, -0.05) is 125 Å². The van der Waals surface area contributed by atoms with Crippen LogP contribution >= 0.6 is 29.2 Å². The van der Waals surface area contributed by atoms with E-state index in [0.717, 1.165) is 12.8 Å². The van der Waals surface area contributed by atoms with Crippen molar-refractivity contribution in [2.24, 2.45) is 0 Å². The molecule has 0 fully saturated rings. The van der Waals surface area contributed by atoms with Gasteiger partial charge in [0.05, 0.1) is 19.4 Å². The summed E-state index contributed by atoms with van der Waals surface area (Å²) >= 11 is 0. The fraction of sp³-hybridized carbons (Fsp3) is 1.00. The van der Waals surface area contributed by atoms with Crippen molar-refractivity contribution in [3.8, 4) is 0 Å². The number of hydrogen-bond donors (Lipinski definition) is 0. The van der Waals surface area contributed by atoms with Crippen LogP contribution in [-0.4, -0.2) is 30.9 Å². The van der Waals surface area contributed by atoms with Gasteiger partial charge in [-0.15, -0.1) is 0 Å². The molecule has 0 N–H and O–H groups in total. The Morgan fingerprint density at radius 1 is 0.500 bits per heavy atom. The molecule has 0 saturated carbocycles. The predicted octanol–water partition coefficient (Wildman–Crippen LogP) is 10.7. The van der Waals surface area contributed by atoms with Gasteiger partial charge < -0.3 is 9.05 Å². The first-order chi connectivity index (χ1) is 15.7. The molecule has 0 spiro atoms. The lowest BCUT2D eigenvalue weighted by molar-refractivity contribution is 0.219. The van der Waals surface area contributed by atoms with Crippen molar-refractivity contribution in [2.75, 3.05) is 30.9 Å². The fourth-order valence-corrected chi connectivity index (χ4v) is 7.88. The van der Waals surface area contributed by atoms with E-state index in [0.29, 0.717) is 19.4 Å². The Morgan fingerprint density at radius 3 is 1.22 bits per heavy atom. The Balaban J connectivity index is 3.20. The zero-order valence-corrected chi connectivity index (χ0v) is 24.3. The Labute approximate surface area is 209 Å². The van der Waals surface area contributed by atoms with Crippen molar-refractivity contribution in [2.45, 2.75) is 136 Å². The summed E-state index contributed by atoms with van der Waals surface area (Å²) in [6, 6.07) is 0. The van der Waals surface area contributed by atoms with Gasteiger partial charge in [0.1, 0.15) is 0 Å². The van der Waals surface area contributed by atoms with Crippen LogP contribution in [0.25, 0.3) is 0 Å². The SMILES string of the molecule is CCCCCCCCCCCCSSCCCCCCCCCCP(=O)(OCC)OCC. The van der Waals surface area contributed by atoms with Crippen LogP contribution < -0.4 is 0 Å². The van der Waals surface area contributed by atoms with E-state index in [9.17, 15) is 4.57 Å². The van der Waals surface area contributed by atoms with Crippen molar-refractivity contribution >= 4 is 29.2 Å². The molecule has 0 radical (unpaired) electrons. The molecule has 3 nitrogen and oxygen atoms in total. The molecular formula is C26H55O3PS2. The van der Waals surface area contributed by atoms with Crippen LogP contribution in [0.4, 0.5) is 0 Å². The minimum atomic E-state index is -2.82. The first-order valence-corrected chi connectivity index (χ1v) is 18.0. The molecule has 0 heterocycles. The highest BCUT2D eigenvalue weighted by atomic mass is 33.1. The van der Waals surface area contributed by atoms with Crippen LogP contribution in [0.2, 0.25) is 0 Å². The summed E-state index contributed by atoms with van der Waals surface area (Å²) in [7, 11) is 1.35. The molecule has 194 valence electrons. The molecule has 0 aromatic heterocycles. The van der Waals surface area contributed by atoms with Crippen molar-refractivity contribution in [1.82, 2.24) is 0 Å². The lowest BCUT2D eigenvalue weighted by Crippen LogP contribution is -2.00. The third kappa shape index (κ3) is 24.0. The van der Waals surface area contributed by atoms with Crippen LogP contribution in [0.1, 0.15) is 136 Å². The first kappa shape index (κ1) is 32.8. The molecule has 0 aromatic carbocycles. The minimum absolute atomic E-state index is 0.466. The minimum Gasteiger partial charge on any atom is -0.309 e. The van der Waals surface area contributed by atoms with Gasteiger partial charge in [-0.2, -0.15) is 0 Å². The van der Waals surface area contributed by atoms with E-state index >= 15 is 0 Å². The summed E-state index contributed by atoms with van der Waals surface area (Å²) < 4.78 is 23.1. The molecule has 32 heavy (non-hydrogen) atoms. The summed E-state index contributed by atoms with van der Waals surface area (Å²) in [5.41, 5.74) is 0. The maximum atomic E-state index is 12.4.